The molecule has 102 valence electrons. The normalized spacial score (nSPS) is 12.2. The van der Waals surface area contributed by atoms with Crippen molar-refractivity contribution in [2.45, 2.75) is 32.9 Å². The maximum absolute atomic E-state index is 13.6. The maximum Gasteiger partial charge on any atom is 0.128 e. The van der Waals surface area contributed by atoms with Gasteiger partial charge >= 0.3 is 0 Å². The van der Waals surface area contributed by atoms with Crippen molar-refractivity contribution in [2.75, 3.05) is 20.1 Å². The molecule has 2 nitrogen and oxygen atoms in total. The van der Waals surface area contributed by atoms with Crippen LogP contribution in [0.15, 0.2) is 22.7 Å². The maximum atomic E-state index is 13.6. The Balaban J connectivity index is 2.42. The van der Waals surface area contributed by atoms with E-state index in [9.17, 15) is 4.39 Å². The number of nitrogens with one attached hydrogen (secondary N) is 1. The highest BCUT2D eigenvalue weighted by Crippen LogP contribution is 2.16. The average molecular weight is 317 g/mol. The summed E-state index contributed by atoms with van der Waals surface area (Å²) in [6.07, 6.45) is 0. The lowest BCUT2D eigenvalue weighted by atomic mass is 10.1. The number of rotatable bonds is 5. The zero-order valence-electron chi connectivity index (χ0n) is 11.6. The van der Waals surface area contributed by atoms with E-state index in [2.05, 4.69) is 46.9 Å². The van der Waals surface area contributed by atoms with Gasteiger partial charge in [-0.05, 0) is 40.0 Å². The molecule has 1 aromatic carbocycles. The van der Waals surface area contributed by atoms with Gasteiger partial charge in [-0.1, -0.05) is 22.0 Å². The lowest BCUT2D eigenvalue weighted by Crippen LogP contribution is -2.40. The van der Waals surface area contributed by atoms with Gasteiger partial charge in [0.15, 0.2) is 0 Å². The van der Waals surface area contributed by atoms with Crippen LogP contribution in [-0.4, -0.2) is 30.6 Å². The minimum atomic E-state index is -0.153. The van der Waals surface area contributed by atoms with E-state index in [1.54, 1.807) is 0 Å². The van der Waals surface area contributed by atoms with Crippen LogP contribution >= 0.6 is 15.9 Å². The number of nitrogens with zero attached hydrogens (tertiary/aromatic N) is 1. The van der Waals surface area contributed by atoms with Gasteiger partial charge < -0.3 is 10.2 Å². The Hall–Kier alpha value is -0.450. The molecular weight excluding hydrogens is 295 g/mol. The van der Waals surface area contributed by atoms with Crippen LogP contribution in [0.5, 0.6) is 0 Å². The lowest BCUT2D eigenvalue weighted by molar-refractivity contribution is 0.299. The Bertz CT molecular complexity index is 388. The summed E-state index contributed by atoms with van der Waals surface area (Å²) in [4.78, 5) is 2.12. The monoisotopic (exact) mass is 316 g/mol. The van der Waals surface area contributed by atoms with Crippen molar-refractivity contribution in [3.05, 3.63) is 34.1 Å². The summed E-state index contributed by atoms with van der Waals surface area (Å²) in [5.41, 5.74) is 0.862. The highest BCUT2D eigenvalue weighted by atomic mass is 79.9. The minimum Gasteiger partial charge on any atom is -0.311 e. The standard InChI is InChI=1S/C14H22BrFN2/c1-14(2,3)17-7-8-18(4)10-11-5-6-12(15)9-13(11)16/h5-6,9,17H,7-8,10H2,1-4H3. The van der Waals surface area contributed by atoms with Crippen LogP contribution in [0.4, 0.5) is 4.39 Å². The van der Waals surface area contributed by atoms with Crippen LogP contribution in [0.25, 0.3) is 0 Å². The Morgan fingerprint density at radius 2 is 2.00 bits per heavy atom. The Morgan fingerprint density at radius 3 is 2.56 bits per heavy atom. The van der Waals surface area contributed by atoms with E-state index >= 15 is 0 Å². The summed E-state index contributed by atoms with van der Waals surface area (Å²) in [6, 6.07) is 5.21. The summed E-state index contributed by atoms with van der Waals surface area (Å²) < 4.78 is 14.4. The topological polar surface area (TPSA) is 15.3 Å². The number of benzene rings is 1. The van der Waals surface area contributed by atoms with Gasteiger partial charge in [0.1, 0.15) is 5.82 Å². The second-order valence-corrected chi connectivity index (χ2v) is 6.57. The predicted octanol–water partition coefficient (Wildman–Crippen LogP) is 3.41. The summed E-state index contributed by atoms with van der Waals surface area (Å²) in [6.45, 7) is 8.85. The Morgan fingerprint density at radius 1 is 1.33 bits per heavy atom. The van der Waals surface area contributed by atoms with Gasteiger partial charge in [0.05, 0.1) is 0 Å². The van der Waals surface area contributed by atoms with E-state index in [1.165, 1.54) is 6.07 Å². The van der Waals surface area contributed by atoms with Crippen molar-refractivity contribution in [1.29, 1.82) is 0 Å². The lowest BCUT2D eigenvalue weighted by Gasteiger charge is -2.23. The fourth-order valence-electron chi connectivity index (χ4n) is 1.64. The minimum absolute atomic E-state index is 0.129. The third kappa shape index (κ3) is 5.94. The molecule has 4 heteroatoms. The molecule has 0 unspecified atom stereocenters. The Kier molecular flexibility index (Phi) is 5.76. The molecule has 0 aliphatic rings. The average Bonchev–Trinajstić information content (AvgIpc) is 2.20. The van der Waals surface area contributed by atoms with E-state index in [0.717, 1.165) is 23.1 Å². The van der Waals surface area contributed by atoms with Gasteiger partial charge in [-0.25, -0.2) is 4.39 Å². The third-order valence-corrected chi connectivity index (χ3v) is 3.10. The van der Waals surface area contributed by atoms with Crippen molar-refractivity contribution in [3.63, 3.8) is 0 Å². The van der Waals surface area contributed by atoms with Gasteiger partial charge in [0.25, 0.3) is 0 Å². The molecule has 0 saturated carbocycles. The molecule has 0 aromatic heterocycles. The first-order valence-electron chi connectivity index (χ1n) is 6.15. The summed E-state index contributed by atoms with van der Waals surface area (Å²) in [7, 11) is 2.01. The fourth-order valence-corrected chi connectivity index (χ4v) is 1.97. The van der Waals surface area contributed by atoms with Crippen LogP contribution in [0.1, 0.15) is 26.3 Å². The molecular formula is C14H22BrFN2. The van der Waals surface area contributed by atoms with Crippen molar-refractivity contribution in [3.8, 4) is 0 Å². The molecule has 0 aliphatic heterocycles. The molecule has 0 atom stereocenters. The van der Waals surface area contributed by atoms with Gasteiger partial charge in [-0.2, -0.15) is 0 Å². The smallest absolute Gasteiger partial charge is 0.128 e. The van der Waals surface area contributed by atoms with Gasteiger partial charge in [0, 0.05) is 35.2 Å². The molecule has 0 radical (unpaired) electrons. The second kappa shape index (κ2) is 6.64. The quantitative estimate of drug-likeness (QED) is 0.895. The van der Waals surface area contributed by atoms with E-state index in [0.29, 0.717) is 6.54 Å². The molecule has 0 heterocycles. The molecule has 0 spiro atoms. The molecule has 1 rings (SSSR count). The van der Waals surface area contributed by atoms with E-state index < -0.39 is 0 Å². The first-order chi connectivity index (χ1) is 8.28. The summed E-state index contributed by atoms with van der Waals surface area (Å²) in [5.74, 6) is -0.153. The number of hydrogen-bond acceptors (Lipinski definition) is 2. The van der Waals surface area contributed by atoms with E-state index in [-0.39, 0.29) is 11.4 Å². The van der Waals surface area contributed by atoms with Crippen LogP contribution < -0.4 is 5.32 Å². The van der Waals surface area contributed by atoms with Crippen molar-refractivity contribution < 1.29 is 4.39 Å². The largest absolute Gasteiger partial charge is 0.311 e. The zero-order valence-corrected chi connectivity index (χ0v) is 13.1. The fraction of sp³-hybridized carbons (Fsp3) is 0.571. The van der Waals surface area contributed by atoms with Crippen molar-refractivity contribution in [2.24, 2.45) is 0 Å². The van der Waals surface area contributed by atoms with Gasteiger partial charge in [0.2, 0.25) is 0 Å². The van der Waals surface area contributed by atoms with Crippen molar-refractivity contribution >= 4 is 15.9 Å². The molecule has 0 bridgehead atoms. The first-order valence-corrected chi connectivity index (χ1v) is 6.95. The van der Waals surface area contributed by atoms with Crippen molar-refractivity contribution in [1.82, 2.24) is 10.2 Å². The number of hydrogen-bond donors (Lipinski definition) is 1. The van der Waals surface area contributed by atoms with E-state index in [1.807, 2.05) is 19.2 Å². The molecule has 0 aliphatic carbocycles. The SMILES string of the molecule is CN(CCNC(C)(C)C)Cc1ccc(Br)cc1F. The summed E-state index contributed by atoms with van der Waals surface area (Å²) >= 11 is 3.26. The molecule has 1 N–H and O–H groups in total. The number of likely N-dealkylation sites (N-methyl/N-ethyl adjacent to an activating group) is 1. The molecule has 18 heavy (non-hydrogen) atoms. The highest BCUT2D eigenvalue weighted by Gasteiger charge is 2.10. The van der Waals surface area contributed by atoms with Crippen LogP contribution in [0, 0.1) is 5.82 Å². The van der Waals surface area contributed by atoms with Crippen LogP contribution in [0.2, 0.25) is 0 Å². The highest BCUT2D eigenvalue weighted by molar-refractivity contribution is 9.10. The zero-order chi connectivity index (χ0) is 13.8. The van der Waals surface area contributed by atoms with Gasteiger partial charge in [-0.15, -0.1) is 0 Å². The van der Waals surface area contributed by atoms with Crippen LogP contribution in [0.3, 0.4) is 0 Å². The molecule has 0 amide bonds. The van der Waals surface area contributed by atoms with E-state index in [4.69, 9.17) is 0 Å². The predicted molar refractivity (Wildman–Crippen MR) is 78.2 cm³/mol. The molecule has 1 aromatic rings. The summed E-state index contributed by atoms with van der Waals surface area (Å²) in [5, 5.41) is 3.42. The molecule has 0 fully saturated rings. The number of halogens is 2. The first kappa shape index (κ1) is 15.6. The molecule has 0 saturated heterocycles. The second-order valence-electron chi connectivity index (χ2n) is 5.65. The third-order valence-electron chi connectivity index (χ3n) is 2.60. The Labute approximate surface area is 118 Å². The van der Waals surface area contributed by atoms with Crippen LogP contribution in [-0.2, 0) is 6.54 Å². The van der Waals surface area contributed by atoms with Gasteiger partial charge in [-0.3, -0.25) is 0 Å².